The van der Waals surface area contributed by atoms with E-state index in [1.165, 1.54) is 5.56 Å². The Morgan fingerprint density at radius 2 is 1.40 bits per heavy atom. The largest absolute Gasteiger partial charge is 0.357 e. The summed E-state index contributed by atoms with van der Waals surface area (Å²) >= 11 is 0. The fourth-order valence-electron chi connectivity index (χ4n) is 2.66. The highest BCUT2D eigenvalue weighted by Crippen LogP contribution is 2.13. The van der Waals surface area contributed by atoms with E-state index in [1.807, 2.05) is 62.4 Å². The van der Waals surface area contributed by atoms with Gasteiger partial charge in [-0.3, -0.25) is 9.59 Å². The number of carbonyl (C=O) groups is 2. The molecule has 1 atom stereocenters. The molecule has 0 aliphatic heterocycles. The van der Waals surface area contributed by atoms with E-state index in [0.29, 0.717) is 6.54 Å². The van der Waals surface area contributed by atoms with Gasteiger partial charge in [-0.1, -0.05) is 59.7 Å². The summed E-state index contributed by atoms with van der Waals surface area (Å²) in [5.41, 5.74) is 4.29. The fourth-order valence-corrected chi connectivity index (χ4v) is 2.66. The van der Waals surface area contributed by atoms with Crippen LogP contribution in [0.5, 0.6) is 0 Å². The molecule has 132 valence electrons. The van der Waals surface area contributed by atoms with Crippen LogP contribution in [0.15, 0.2) is 48.5 Å². The highest BCUT2D eigenvalue weighted by atomic mass is 16.2. The Kier molecular flexibility index (Phi) is 6.34. The number of aryl methyl sites for hydroxylation is 2. The van der Waals surface area contributed by atoms with Crippen LogP contribution in [-0.4, -0.2) is 29.8 Å². The molecule has 0 aliphatic carbocycles. The van der Waals surface area contributed by atoms with E-state index in [-0.39, 0.29) is 18.2 Å². The third-order valence-electron chi connectivity index (χ3n) is 4.36. The zero-order valence-corrected chi connectivity index (χ0v) is 15.4. The van der Waals surface area contributed by atoms with Gasteiger partial charge in [-0.2, -0.15) is 0 Å². The van der Waals surface area contributed by atoms with Gasteiger partial charge in [0.1, 0.15) is 6.04 Å². The van der Waals surface area contributed by atoms with Crippen LogP contribution in [-0.2, 0) is 22.6 Å². The number of hydrogen-bond donors (Lipinski definition) is 1. The molecule has 0 fully saturated rings. The second-order valence-corrected chi connectivity index (χ2v) is 6.46. The Morgan fingerprint density at radius 3 is 1.88 bits per heavy atom. The van der Waals surface area contributed by atoms with Gasteiger partial charge in [-0.05, 0) is 31.9 Å². The average Bonchev–Trinajstić information content (AvgIpc) is 2.61. The summed E-state index contributed by atoms with van der Waals surface area (Å²) in [7, 11) is 1.59. The summed E-state index contributed by atoms with van der Waals surface area (Å²) in [4.78, 5) is 26.6. The number of benzene rings is 2. The molecule has 0 aromatic heterocycles. The van der Waals surface area contributed by atoms with E-state index in [1.54, 1.807) is 18.9 Å². The predicted molar refractivity (Wildman–Crippen MR) is 100 cm³/mol. The van der Waals surface area contributed by atoms with E-state index in [4.69, 9.17) is 0 Å². The van der Waals surface area contributed by atoms with Gasteiger partial charge in [-0.25, -0.2) is 0 Å². The van der Waals surface area contributed by atoms with Crippen LogP contribution in [0, 0.1) is 13.8 Å². The summed E-state index contributed by atoms with van der Waals surface area (Å²) in [5, 5.41) is 2.63. The van der Waals surface area contributed by atoms with Gasteiger partial charge >= 0.3 is 0 Å². The van der Waals surface area contributed by atoms with Crippen LogP contribution in [0.2, 0.25) is 0 Å². The molecule has 0 saturated heterocycles. The first-order valence-electron chi connectivity index (χ1n) is 8.53. The number of likely N-dealkylation sites (N-methyl/N-ethyl adjacent to an activating group) is 1. The quantitative estimate of drug-likeness (QED) is 0.880. The Bertz CT molecular complexity index is 721. The van der Waals surface area contributed by atoms with Crippen molar-refractivity contribution in [2.45, 2.75) is 39.8 Å². The molecule has 0 unspecified atom stereocenters. The normalized spacial score (nSPS) is 11.7. The van der Waals surface area contributed by atoms with Crippen molar-refractivity contribution < 1.29 is 9.59 Å². The molecule has 0 aliphatic rings. The molecule has 0 radical (unpaired) electrons. The zero-order chi connectivity index (χ0) is 18.4. The Labute approximate surface area is 149 Å². The average molecular weight is 338 g/mol. The van der Waals surface area contributed by atoms with Crippen molar-refractivity contribution in [1.29, 1.82) is 0 Å². The van der Waals surface area contributed by atoms with Gasteiger partial charge in [0, 0.05) is 13.6 Å². The molecule has 0 bridgehead atoms. The van der Waals surface area contributed by atoms with Crippen molar-refractivity contribution in [1.82, 2.24) is 10.2 Å². The monoisotopic (exact) mass is 338 g/mol. The van der Waals surface area contributed by atoms with Crippen molar-refractivity contribution in [3.63, 3.8) is 0 Å². The van der Waals surface area contributed by atoms with Gasteiger partial charge in [-0.15, -0.1) is 0 Å². The smallest absolute Gasteiger partial charge is 0.242 e. The summed E-state index contributed by atoms with van der Waals surface area (Å²) in [5.74, 6) is -0.218. The van der Waals surface area contributed by atoms with Gasteiger partial charge in [0.2, 0.25) is 11.8 Å². The van der Waals surface area contributed by atoms with Crippen LogP contribution in [0.25, 0.3) is 0 Å². The third-order valence-corrected chi connectivity index (χ3v) is 4.36. The van der Waals surface area contributed by atoms with Crippen molar-refractivity contribution in [3.8, 4) is 0 Å². The number of amides is 2. The van der Waals surface area contributed by atoms with Crippen LogP contribution in [0.4, 0.5) is 0 Å². The van der Waals surface area contributed by atoms with Crippen molar-refractivity contribution >= 4 is 11.8 Å². The maximum absolute atomic E-state index is 12.9. The molecule has 1 N–H and O–H groups in total. The lowest BCUT2D eigenvalue weighted by molar-refractivity contribution is -0.139. The topological polar surface area (TPSA) is 49.4 Å². The lowest BCUT2D eigenvalue weighted by Crippen LogP contribution is -2.47. The van der Waals surface area contributed by atoms with E-state index in [2.05, 4.69) is 5.32 Å². The molecule has 0 heterocycles. The number of carbonyl (C=O) groups excluding carboxylic acids is 2. The molecule has 4 nitrogen and oxygen atoms in total. The minimum absolute atomic E-state index is 0.0551. The molecule has 2 amide bonds. The summed E-state index contributed by atoms with van der Waals surface area (Å²) in [6, 6.07) is 15.4. The molecule has 2 rings (SSSR count). The van der Waals surface area contributed by atoms with Crippen LogP contribution in [0.1, 0.15) is 29.2 Å². The van der Waals surface area contributed by atoms with Gasteiger partial charge in [0.15, 0.2) is 0 Å². The molecular formula is C21H26N2O2. The van der Waals surface area contributed by atoms with Gasteiger partial charge in [0.05, 0.1) is 6.42 Å². The standard InChI is InChI=1S/C21H26N2O2/c1-15-5-9-18(10-6-15)13-20(24)23(17(3)21(25)22-4)14-19-11-7-16(2)8-12-19/h5-12,17H,13-14H2,1-4H3,(H,22,25)/t17-/m1/s1. The molecule has 25 heavy (non-hydrogen) atoms. The molecule has 2 aromatic carbocycles. The van der Waals surface area contributed by atoms with Gasteiger partial charge < -0.3 is 10.2 Å². The Morgan fingerprint density at radius 1 is 0.920 bits per heavy atom. The summed E-state index contributed by atoms with van der Waals surface area (Å²) in [6.45, 7) is 6.22. The maximum Gasteiger partial charge on any atom is 0.242 e. The van der Waals surface area contributed by atoms with Crippen molar-refractivity contribution in [3.05, 3.63) is 70.8 Å². The number of rotatable bonds is 6. The lowest BCUT2D eigenvalue weighted by atomic mass is 10.1. The second-order valence-electron chi connectivity index (χ2n) is 6.46. The SMILES string of the molecule is CNC(=O)[C@@H](C)N(Cc1ccc(C)cc1)C(=O)Cc1ccc(C)cc1. The van der Waals surface area contributed by atoms with Crippen molar-refractivity contribution in [2.75, 3.05) is 7.05 Å². The first-order chi connectivity index (χ1) is 11.9. The lowest BCUT2D eigenvalue weighted by Gasteiger charge is -2.28. The zero-order valence-electron chi connectivity index (χ0n) is 15.4. The maximum atomic E-state index is 12.9. The second kappa shape index (κ2) is 8.47. The predicted octanol–water partition coefficient (Wildman–Crippen LogP) is 3.01. The molecule has 4 heteroatoms. The van der Waals surface area contributed by atoms with E-state index >= 15 is 0 Å². The number of nitrogens with one attached hydrogen (secondary N) is 1. The fraction of sp³-hybridized carbons (Fsp3) is 0.333. The van der Waals surface area contributed by atoms with E-state index in [0.717, 1.165) is 16.7 Å². The molecule has 0 spiro atoms. The summed E-state index contributed by atoms with van der Waals surface area (Å²) < 4.78 is 0. The van der Waals surface area contributed by atoms with Crippen LogP contribution in [0.3, 0.4) is 0 Å². The third kappa shape index (κ3) is 5.18. The summed E-state index contributed by atoms with van der Waals surface area (Å²) in [6.07, 6.45) is 0.285. The van der Waals surface area contributed by atoms with Crippen molar-refractivity contribution in [2.24, 2.45) is 0 Å². The van der Waals surface area contributed by atoms with Gasteiger partial charge in [0.25, 0.3) is 0 Å². The highest BCUT2D eigenvalue weighted by molar-refractivity contribution is 5.88. The van der Waals surface area contributed by atoms with Crippen LogP contribution < -0.4 is 5.32 Å². The Balaban J connectivity index is 2.20. The minimum Gasteiger partial charge on any atom is -0.357 e. The van der Waals surface area contributed by atoms with Crippen LogP contribution >= 0.6 is 0 Å². The number of nitrogens with zero attached hydrogens (tertiary/aromatic N) is 1. The van der Waals surface area contributed by atoms with E-state index in [9.17, 15) is 9.59 Å². The first kappa shape index (κ1) is 18.7. The van der Waals surface area contributed by atoms with E-state index < -0.39 is 6.04 Å². The first-order valence-corrected chi connectivity index (χ1v) is 8.53. The Hall–Kier alpha value is -2.62. The number of hydrogen-bond acceptors (Lipinski definition) is 2. The molecule has 0 saturated carbocycles. The molecular weight excluding hydrogens is 312 g/mol. The molecule has 2 aromatic rings. The highest BCUT2D eigenvalue weighted by Gasteiger charge is 2.25. The minimum atomic E-state index is -0.524.